The molecule has 0 unspecified atom stereocenters. The van der Waals surface area contributed by atoms with Gasteiger partial charge >= 0.3 is 0 Å². The zero-order chi connectivity index (χ0) is 22.3. The second-order valence-electron chi connectivity index (χ2n) is 8.23. The lowest BCUT2D eigenvalue weighted by atomic mass is 10.2. The first-order valence-electron chi connectivity index (χ1n) is 11.0. The number of aliphatic hydroxyl groups excluding tert-OH is 1. The number of β-amino-alcohol motifs (C(OH)–C–C–N with tert-alkyl or cyclic N) is 1. The van der Waals surface area contributed by atoms with Crippen molar-refractivity contribution in [2.24, 2.45) is 0 Å². The van der Waals surface area contributed by atoms with Gasteiger partial charge in [-0.1, -0.05) is 0 Å². The topological polar surface area (TPSA) is 94.3 Å². The molecule has 1 amide bonds. The summed E-state index contributed by atoms with van der Waals surface area (Å²) in [5.41, 5.74) is 0.682. The Hall–Kier alpha value is -2.37. The van der Waals surface area contributed by atoms with Crippen LogP contribution >= 0.6 is 0 Å². The number of carbonyl (C=O) groups is 1. The number of piperazine rings is 1. The van der Waals surface area contributed by atoms with E-state index < -0.39 is 5.91 Å². The molecule has 9 nitrogen and oxygen atoms in total. The third-order valence-electron chi connectivity index (χ3n) is 5.75. The Morgan fingerprint density at radius 2 is 1.66 bits per heavy atom. The number of aromatic nitrogens is 1. The molecule has 2 saturated heterocycles. The lowest BCUT2D eigenvalue weighted by Gasteiger charge is -2.36. The first-order valence-corrected chi connectivity index (χ1v) is 11.0. The number of oxazole rings is 1. The Bertz CT molecular complexity index is 863. The minimum absolute atomic E-state index is 0.189. The zero-order valence-corrected chi connectivity index (χ0v) is 18.1. The van der Waals surface area contributed by atoms with Crippen LogP contribution < -0.4 is 5.32 Å². The predicted molar refractivity (Wildman–Crippen MR) is 116 cm³/mol. The van der Waals surface area contributed by atoms with Crippen LogP contribution in [0.3, 0.4) is 0 Å². The lowest BCUT2D eigenvalue weighted by Crippen LogP contribution is -2.50. The van der Waals surface area contributed by atoms with Crippen molar-refractivity contribution in [3.05, 3.63) is 47.9 Å². The van der Waals surface area contributed by atoms with Crippen LogP contribution in [-0.2, 0) is 11.3 Å². The summed E-state index contributed by atoms with van der Waals surface area (Å²) in [6, 6.07) is 5.55. The van der Waals surface area contributed by atoms with E-state index in [-0.39, 0.29) is 17.6 Å². The van der Waals surface area contributed by atoms with E-state index in [1.54, 1.807) is 0 Å². The Balaban J connectivity index is 1.18. The van der Waals surface area contributed by atoms with Crippen LogP contribution in [0, 0.1) is 5.82 Å². The Morgan fingerprint density at radius 3 is 2.34 bits per heavy atom. The average Bonchev–Trinajstić information content (AvgIpc) is 3.26. The van der Waals surface area contributed by atoms with Crippen molar-refractivity contribution in [1.29, 1.82) is 0 Å². The highest BCUT2D eigenvalue weighted by Gasteiger charge is 2.23. The smallest absolute Gasteiger partial charge is 0.277 e. The number of nitrogens with zero attached hydrogens (tertiary/aromatic N) is 4. The first-order chi connectivity index (χ1) is 15.5. The molecule has 1 aromatic heterocycles. The molecule has 2 aliphatic heterocycles. The summed E-state index contributed by atoms with van der Waals surface area (Å²) in [5, 5.41) is 13.1. The number of nitrogens with one attached hydrogen (secondary N) is 1. The molecule has 1 aromatic carbocycles. The second kappa shape index (κ2) is 11.0. The fraction of sp³-hybridized carbons (Fsp3) is 0.545. The van der Waals surface area contributed by atoms with Crippen LogP contribution in [0.1, 0.15) is 16.4 Å². The van der Waals surface area contributed by atoms with Crippen LogP contribution in [0.2, 0.25) is 0 Å². The fourth-order valence-corrected chi connectivity index (χ4v) is 3.97. The highest BCUT2D eigenvalue weighted by Crippen LogP contribution is 2.13. The summed E-state index contributed by atoms with van der Waals surface area (Å²) in [5.74, 6) is -0.279. The molecule has 2 aliphatic rings. The maximum absolute atomic E-state index is 13.0. The molecule has 0 aliphatic carbocycles. The molecule has 1 atom stereocenters. The Kier molecular flexibility index (Phi) is 7.82. The van der Waals surface area contributed by atoms with Crippen molar-refractivity contribution in [2.45, 2.75) is 12.6 Å². The summed E-state index contributed by atoms with van der Waals surface area (Å²) in [6.45, 7) is 8.50. The number of amides is 1. The minimum Gasteiger partial charge on any atom is -0.447 e. The Morgan fingerprint density at radius 1 is 1.03 bits per heavy atom. The third-order valence-corrected chi connectivity index (χ3v) is 5.75. The van der Waals surface area contributed by atoms with E-state index >= 15 is 0 Å². The van der Waals surface area contributed by atoms with Crippen molar-refractivity contribution >= 4 is 11.6 Å². The molecule has 0 radical (unpaired) electrons. The molecule has 3 heterocycles. The number of halogens is 1. The number of morpholine rings is 1. The van der Waals surface area contributed by atoms with Gasteiger partial charge in [-0.3, -0.25) is 19.5 Å². The van der Waals surface area contributed by atoms with Gasteiger partial charge < -0.3 is 19.6 Å². The van der Waals surface area contributed by atoms with E-state index in [0.717, 1.165) is 52.5 Å². The molecule has 0 spiro atoms. The van der Waals surface area contributed by atoms with Gasteiger partial charge in [0.25, 0.3) is 5.91 Å². The molecule has 2 aromatic rings. The summed E-state index contributed by atoms with van der Waals surface area (Å²) >= 11 is 0. The van der Waals surface area contributed by atoms with Crippen molar-refractivity contribution in [2.75, 3.05) is 70.9 Å². The molecular weight excluding hydrogens is 417 g/mol. The largest absolute Gasteiger partial charge is 0.447 e. The van der Waals surface area contributed by atoms with Crippen LogP contribution in [0.5, 0.6) is 0 Å². The Labute approximate surface area is 186 Å². The zero-order valence-electron chi connectivity index (χ0n) is 18.1. The molecule has 0 bridgehead atoms. The standard InChI is InChI=1S/C22H30FN5O4/c23-17-1-3-18(4-2-17)24-22(30)20-16-32-21(25-20)15-27-7-5-26(6-8-27)13-19(29)14-28-9-11-31-12-10-28/h1-4,16,19,29H,5-15H2,(H,24,30)/t19-/m1/s1. The van der Waals surface area contributed by atoms with Crippen LogP contribution in [0.4, 0.5) is 10.1 Å². The molecule has 2 N–H and O–H groups in total. The van der Waals surface area contributed by atoms with Gasteiger partial charge in [0, 0.05) is 58.0 Å². The first kappa shape index (κ1) is 22.8. The molecular formula is C22H30FN5O4. The number of hydrogen-bond acceptors (Lipinski definition) is 8. The number of anilines is 1. The molecule has 2 fully saturated rings. The van der Waals surface area contributed by atoms with Crippen molar-refractivity contribution < 1.29 is 23.4 Å². The van der Waals surface area contributed by atoms with Gasteiger partial charge in [-0.05, 0) is 24.3 Å². The molecule has 4 rings (SSSR count). The number of carbonyl (C=O) groups excluding carboxylic acids is 1. The van der Waals surface area contributed by atoms with E-state index in [9.17, 15) is 14.3 Å². The average molecular weight is 448 g/mol. The van der Waals surface area contributed by atoms with E-state index in [1.807, 2.05) is 0 Å². The van der Waals surface area contributed by atoms with E-state index in [0.29, 0.717) is 31.2 Å². The molecule has 0 saturated carbocycles. The lowest BCUT2D eigenvalue weighted by molar-refractivity contribution is 0.00187. The fourth-order valence-electron chi connectivity index (χ4n) is 3.97. The molecule has 174 valence electrons. The van der Waals surface area contributed by atoms with Gasteiger partial charge in [-0.2, -0.15) is 0 Å². The highest BCUT2D eigenvalue weighted by atomic mass is 19.1. The molecule has 32 heavy (non-hydrogen) atoms. The van der Waals surface area contributed by atoms with E-state index in [2.05, 4.69) is 25.0 Å². The predicted octanol–water partition coefficient (Wildman–Crippen LogP) is 0.877. The number of aliphatic hydroxyl groups is 1. The van der Waals surface area contributed by atoms with Gasteiger partial charge in [0.15, 0.2) is 5.69 Å². The van der Waals surface area contributed by atoms with Crippen LogP contribution in [0.25, 0.3) is 0 Å². The SMILES string of the molecule is O=C(Nc1ccc(F)cc1)c1coc(CN2CCN(C[C@@H](O)CN3CCOCC3)CC2)n1. The highest BCUT2D eigenvalue weighted by molar-refractivity contribution is 6.02. The van der Waals surface area contributed by atoms with Gasteiger partial charge in [0.05, 0.1) is 25.9 Å². The number of rotatable bonds is 8. The number of benzene rings is 1. The number of hydrogen-bond donors (Lipinski definition) is 2. The summed E-state index contributed by atoms with van der Waals surface area (Å²) < 4.78 is 23.8. The quantitative estimate of drug-likeness (QED) is 0.616. The van der Waals surface area contributed by atoms with Crippen molar-refractivity contribution in [1.82, 2.24) is 19.7 Å². The van der Waals surface area contributed by atoms with E-state index in [1.165, 1.54) is 30.5 Å². The van der Waals surface area contributed by atoms with E-state index in [4.69, 9.17) is 9.15 Å². The second-order valence-corrected chi connectivity index (χ2v) is 8.23. The van der Waals surface area contributed by atoms with Crippen molar-refractivity contribution in [3.8, 4) is 0 Å². The normalized spacial score (nSPS) is 19.7. The monoisotopic (exact) mass is 447 g/mol. The van der Waals surface area contributed by atoms with Gasteiger partial charge in [-0.25, -0.2) is 9.37 Å². The molecule has 10 heteroatoms. The van der Waals surface area contributed by atoms with Crippen LogP contribution in [-0.4, -0.2) is 102 Å². The number of ether oxygens (including phenoxy) is 1. The van der Waals surface area contributed by atoms with Gasteiger partial charge in [0.1, 0.15) is 12.1 Å². The summed E-state index contributed by atoms with van der Waals surface area (Å²) in [4.78, 5) is 23.3. The van der Waals surface area contributed by atoms with Gasteiger partial charge in [-0.15, -0.1) is 0 Å². The van der Waals surface area contributed by atoms with Gasteiger partial charge in [0.2, 0.25) is 5.89 Å². The summed E-state index contributed by atoms with van der Waals surface area (Å²) in [7, 11) is 0. The third kappa shape index (κ3) is 6.57. The van der Waals surface area contributed by atoms with Crippen molar-refractivity contribution in [3.63, 3.8) is 0 Å². The maximum Gasteiger partial charge on any atom is 0.277 e. The minimum atomic E-state index is -0.398. The maximum atomic E-state index is 13.0. The summed E-state index contributed by atoms with van der Waals surface area (Å²) in [6.07, 6.45) is 0.973. The van der Waals surface area contributed by atoms with Crippen LogP contribution in [0.15, 0.2) is 34.9 Å².